The van der Waals surface area contributed by atoms with Crippen LogP contribution in [0.15, 0.2) is 58.9 Å². The fourth-order valence-electron chi connectivity index (χ4n) is 5.34. The fourth-order valence-corrected chi connectivity index (χ4v) is 5.34. The molecular formula is C26H31N7O2. The molecule has 0 saturated carbocycles. The van der Waals surface area contributed by atoms with Crippen molar-refractivity contribution in [3.63, 3.8) is 0 Å². The van der Waals surface area contributed by atoms with Crippen LogP contribution < -0.4 is 5.01 Å². The highest BCUT2D eigenvalue weighted by Crippen LogP contribution is 2.39. The first-order chi connectivity index (χ1) is 17.0. The molecular weight excluding hydrogens is 442 g/mol. The Labute approximate surface area is 204 Å². The van der Waals surface area contributed by atoms with Gasteiger partial charge in [0, 0.05) is 44.7 Å². The van der Waals surface area contributed by atoms with E-state index in [0.29, 0.717) is 25.2 Å². The maximum atomic E-state index is 13.2. The number of rotatable bonds is 5. The zero-order valence-corrected chi connectivity index (χ0v) is 20.3. The molecule has 1 N–H and O–H groups in total. The quantitative estimate of drug-likeness (QED) is 0.447. The van der Waals surface area contributed by atoms with Crippen LogP contribution in [0.1, 0.15) is 41.7 Å². The molecule has 3 aromatic rings. The van der Waals surface area contributed by atoms with Gasteiger partial charge in [-0.15, -0.1) is 0 Å². The van der Waals surface area contributed by atoms with Crippen LogP contribution in [-0.2, 0) is 11.3 Å². The minimum atomic E-state index is -0.415. The Bertz CT molecular complexity index is 1250. The first kappa shape index (κ1) is 23.0. The zero-order valence-electron chi connectivity index (χ0n) is 20.3. The monoisotopic (exact) mass is 473 g/mol. The van der Waals surface area contributed by atoms with Gasteiger partial charge in [0.25, 0.3) is 5.91 Å². The first-order valence-corrected chi connectivity index (χ1v) is 12.1. The van der Waals surface area contributed by atoms with E-state index in [9.17, 15) is 9.59 Å². The zero-order chi connectivity index (χ0) is 24.4. The maximum Gasteiger partial charge on any atom is 0.253 e. The molecule has 5 rings (SSSR count). The van der Waals surface area contributed by atoms with Crippen LogP contribution in [-0.4, -0.2) is 65.5 Å². The van der Waals surface area contributed by atoms with Crippen LogP contribution in [0.4, 0.5) is 5.69 Å². The average Bonchev–Trinajstić information content (AvgIpc) is 3.30. The average molecular weight is 474 g/mol. The van der Waals surface area contributed by atoms with Gasteiger partial charge in [0.1, 0.15) is 6.54 Å². The van der Waals surface area contributed by atoms with Crippen molar-refractivity contribution in [2.75, 3.05) is 38.7 Å². The molecule has 9 heteroatoms. The highest BCUT2D eigenvalue weighted by Gasteiger charge is 2.46. The number of likely N-dealkylation sites (tertiary alicyclic amines) is 2. The molecule has 2 aromatic carbocycles. The number of anilines is 1. The van der Waals surface area contributed by atoms with Crippen molar-refractivity contribution >= 4 is 28.4 Å². The molecule has 9 nitrogen and oxygen atoms in total. The number of benzene rings is 2. The van der Waals surface area contributed by atoms with E-state index in [-0.39, 0.29) is 11.8 Å². The molecule has 1 unspecified atom stereocenters. The van der Waals surface area contributed by atoms with Crippen LogP contribution >= 0.6 is 0 Å². The molecule has 1 spiro atoms. The van der Waals surface area contributed by atoms with Gasteiger partial charge in [0.15, 0.2) is 0 Å². The van der Waals surface area contributed by atoms with Crippen molar-refractivity contribution in [1.82, 2.24) is 20.0 Å². The Morgan fingerprint density at radius 3 is 2.66 bits per heavy atom. The minimum Gasteiger partial charge on any atom is -0.345 e. The summed E-state index contributed by atoms with van der Waals surface area (Å²) in [5.74, 6) is 0.166. The summed E-state index contributed by atoms with van der Waals surface area (Å²) >= 11 is 0. The highest BCUT2D eigenvalue weighted by atomic mass is 16.2. The van der Waals surface area contributed by atoms with Crippen molar-refractivity contribution < 1.29 is 9.59 Å². The van der Waals surface area contributed by atoms with E-state index in [0.717, 1.165) is 54.5 Å². The lowest BCUT2D eigenvalue weighted by molar-refractivity contribution is -0.148. The van der Waals surface area contributed by atoms with Crippen molar-refractivity contribution in [2.45, 2.75) is 32.2 Å². The van der Waals surface area contributed by atoms with E-state index in [1.807, 2.05) is 72.4 Å². The number of H-pyrrole nitrogens is 1. The summed E-state index contributed by atoms with van der Waals surface area (Å²) in [5.41, 5.74) is 2.86. The highest BCUT2D eigenvalue weighted by molar-refractivity contribution is 5.95. The number of aromatic amines is 1. The third-order valence-corrected chi connectivity index (χ3v) is 7.27. The molecule has 2 aliphatic heterocycles. The molecule has 182 valence electrons. The number of nitrogens with one attached hydrogen (secondary N) is 1. The minimum absolute atomic E-state index is 0.0212. The molecule has 2 saturated heterocycles. The third kappa shape index (κ3) is 4.50. The topological polar surface area (TPSA) is 97.3 Å². The smallest absolute Gasteiger partial charge is 0.253 e. The van der Waals surface area contributed by atoms with Gasteiger partial charge < -0.3 is 9.80 Å². The van der Waals surface area contributed by atoms with Gasteiger partial charge in [-0.3, -0.25) is 19.7 Å². The lowest BCUT2D eigenvalue weighted by Gasteiger charge is -2.46. The summed E-state index contributed by atoms with van der Waals surface area (Å²) in [5, 5.41) is 18.6. The van der Waals surface area contributed by atoms with E-state index in [4.69, 9.17) is 0 Å². The molecule has 2 amide bonds. The van der Waals surface area contributed by atoms with Crippen LogP contribution in [0.5, 0.6) is 0 Å². The van der Waals surface area contributed by atoms with Crippen LogP contribution in [0.3, 0.4) is 0 Å². The van der Waals surface area contributed by atoms with E-state index in [1.165, 1.54) is 0 Å². The maximum absolute atomic E-state index is 13.2. The summed E-state index contributed by atoms with van der Waals surface area (Å²) in [6.45, 7) is 2.40. The predicted octanol–water partition coefficient (Wildman–Crippen LogP) is 4.04. The molecule has 1 aromatic heterocycles. The number of hydrogen-bond donors (Lipinski definition) is 1. The normalized spacial score (nSPS) is 20.8. The second-order valence-corrected chi connectivity index (χ2v) is 9.62. The van der Waals surface area contributed by atoms with Gasteiger partial charge in [-0.25, -0.2) is 0 Å². The number of amides is 2. The standard InChI is InChI=1S/C26H31N7O2/c1-31-15-5-13-26(25(31)35)14-6-16-33(18-26)24(34)19-9-11-20(12-10-19)32(2)30-27-17-23-21-7-3-4-8-22(21)28-29-23/h3-4,7-12H,5-6,13-18H2,1-2H3,(H,28,29). The Balaban J connectivity index is 1.22. The van der Waals surface area contributed by atoms with Crippen LogP contribution in [0.25, 0.3) is 10.9 Å². The summed E-state index contributed by atoms with van der Waals surface area (Å²) in [7, 11) is 3.69. The number of aromatic nitrogens is 2. The van der Waals surface area contributed by atoms with E-state index >= 15 is 0 Å². The van der Waals surface area contributed by atoms with Crippen LogP contribution in [0.2, 0.25) is 0 Å². The molecule has 2 fully saturated rings. The third-order valence-electron chi connectivity index (χ3n) is 7.27. The SMILES string of the molecule is CN1CCCC2(CCCN(C(=O)c3ccc(N(C)N=NCc4[nH]nc5ccccc45)cc3)C2)C1=O. The van der Waals surface area contributed by atoms with Crippen molar-refractivity contribution in [3.8, 4) is 0 Å². The number of carbonyl (C=O) groups is 2. The van der Waals surface area contributed by atoms with Gasteiger partial charge >= 0.3 is 0 Å². The second-order valence-electron chi connectivity index (χ2n) is 9.62. The molecule has 0 aliphatic carbocycles. The number of hydrogen-bond acceptors (Lipinski definition) is 5. The lowest BCUT2D eigenvalue weighted by atomic mass is 9.73. The largest absolute Gasteiger partial charge is 0.345 e. The Morgan fingerprint density at radius 1 is 1.11 bits per heavy atom. The van der Waals surface area contributed by atoms with Gasteiger partial charge in [0.05, 0.1) is 22.3 Å². The molecule has 35 heavy (non-hydrogen) atoms. The number of fused-ring (bicyclic) bond motifs is 1. The van der Waals surface area contributed by atoms with Crippen LogP contribution in [0, 0.1) is 5.41 Å². The summed E-state index contributed by atoms with van der Waals surface area (Å²) in [6.07, 6.45) is 3.58. The summed E-state index contributed by atoms with van der Waals surface area (Å²) in [4.78, 5) is 29.8. The van der Waals surface area contributed by atoms with Gasteiger partial charge in [-0.2, -0.15) is 10.2 Å². The predicted molar refractivity (Wildman–Crippen MR) is 134 cm³/mol. The number of carbonyl (C=O) groups excluding carboxylic acids is 2. The molecule has 1 atom stereocenters. The first-order valence-electron chi connectivity index (χ1n) is 12.1. The number of nitrogens with zero attached hydrogens (tertiary/aromatic N) is 6. The van der Waals surface area contributed by atoms with Gasteiger partial charge in [0.2, 0.25) is 5.91 Å². The second kappa shape index (κ2) is 9.48. The van der Waals surface area contributed by atoms with E-state index in [2.05, 4.69) is 20.5 Å². The van der Waals surface area contributed by atoms with E-state index < -0.39 is 5.41 Å². The summed E-state index contributed by atoms with van der Waals surface area (Å²) in [6, 6.07) is 15.3. The number of para-hydroxylation sites is 1. The van der Waals surface area contributed by atoms with E-state index in [1.54, 1.807) is 5.01 Å². The fraction of sp³-hybridized carbons (Fsp3) is 0.423. The Morgan fingerprint density at radius 2 is 1.86 bits per heavy atom. The van der Waals surface area contributed by atoms with Crippen molar-refractivity contribution in [1.29, 1.82) is 0 Å². The lowest BCUT2D eigenvalue weighted by Crippen LogP contribution is -2.56. The number of piperidine rings is 2. The summed E-state index contributed by atoms with van der Waals surface area (Å²) < 4.78 is 0. The Hall–Kier alpha value is -3.75. The molecule has 0 bridgehead atoms. The Kier molecular flexibility index (Phi) is 6.23. The molecule has 2 aliphatic rings. The van der Waals surface area contributed by atoms with Gasteiger partial charge in [-0.05, 0) is 56.0 Å². The van der Waals surface area contributed by atoms with Crippen molar-refractivity contribution in [2.24, 2.45) is 15.8 Å². The van der Waals surface area contributed by atoms with Crippen molar-refractivity contribution in [3.05, 3.63) is 59.8 Å². The molecule has 0 radical (unpaired) electrons. The molecule has 3 heterocycles. The van der Waals surface area contributed by atoms with Gasteiger partial charge in [-0.1, -0.05) is 23.4 Å².